The normalized spacial score (nSPS) is 36.8. The van der Waals surface area contributed by atoms with Gasteiger partial charge in [-0.05, 0) is 31.8 Å². The molecule has 0 amide bonds. The van der Waals surface area contributed by atoms with Crippen LogP contribution >= 0.6 is 0 Å². The van der Waals surface area contributed by atoms with Gasteiger partial charge in [-0.3, -0.25) is 0 Å². The van der Waals surface area contributed by atoms with E-state index < -0.39 is 0 Å². The molecule has 3 fully saturated rings. The first-order valence-electron chi connectivity index (χ1n) is 5.91. The minimum absolute atomic E-state index is 0.0977. The maximum absolute atomic E-state index is 9.20. The molecule has 0 aliphatic carbocycles. The second-order valence-corrected chi connectivity index (χ2v) is 4.75. The highest BCUT2D eigenvalue weighted by Crippen LogP contribution is 2.27. The molecule has 2 bridgehead atoms. The average molecular weight is 214 g/mol. The lowest BCUT2D eigenvalue weighted by Gasteiger charge is -2.46. The van der Waals surface area contributed by atoms with Gasteiger partial charge in [-0.1, -0.05) is 0 Å². The van der Waals surface area contributed by atoms with E-state index in [0.29, 0.717) is 12.6 Å². The Hall–Kier alpha value is -0.160. The lowest BCUT2D eigenvalue weighted by Crippen LogP contribution is -2.59. The summed E-state index contributed by atoms with van der Waals surface area (Å²) >= 11 is 0. The van der Waals surface area contributed by atoms with Crippen LogP contribution in [0.15, 0.2) is 0 Å². The van der Waals surface area contributed by atoms with Crippen molar-refractivity contribution in [1.29, 1.82) is 0 Å². The fourth-order valence-corrected chi connectivity index (χ4v) is 2.81. The summed E-state index contributed by atoms with van der Waals surface area (Å²) in [5, 5.41) is 12.7. The summed E-state index contributed by atoms with van der Waals surface area (Å²) in [4.78, 5) is 2.51. The number of methoxy groups -OCH3 is 1. The Kier molecular flexibility index (Phi) is 3.97. The molecule has 2 N–H and O–H groups in total. The highest BCUT2D eigenvalue weighted by molar-refractivity contribution is 4.92. The number of rotatable bonds is 5. The average Bonchev–Trinajstić information content (AvgIpc) is 2.30. The molecule has 3 aliphatic rings. The topological polar surface area (TPSA) is 44.7 Å². The number of nitrogens with one attached hydrogen (secondary N) is 1. The van der Waals surface area contributed by atoms with E-state index in [1.54, 1.807) is 7.11 Å². The molecule has 2 atom stereocenters. The summed E-state index contributed by atoms with van der Waals surface area (Å²) in [6, 6.07) is 0.653. The van der Waals surface area contributed by atoms with Gasteiger partial charge in [0.1, 0.15) is 0 Å². The smallest absolute Gasteiger partial charge is 0.0638 e. The van der Waals surface area contributed by atoms with Crippen molar-refractivity contribution in [2.75, 3.05) is 40.0 Å². The molecule has 4 heteroatoms. The van der Waals surface area contributed by atoms with E-state index in [1.807, 2.05) is 0 Å². The van der Waals surface area contributed by atoms with Gasteiger partial charge >= 0.3 is 0 Å². The van der Waals surface area contributed by atoms with Gasteiger partial charge in [0.2, 0.25) is 0 Å². The zero-order valence-electron chi connectivity index (χ0n) is 9.48. The predicted octanol–water partition coefficient (Wildman–Crippen LogP) is -0.322. The lowest BCUT2D eigenvalue weighted by molar-refractivity contribution is 0.0480. The molecular weight excluding hydrogens is 192 g/mol. The predicted molar refractivity (Wildman–Crippen MR) is 58.8 cm³/mol. The maximum Gasteiger partial charge on any atom is 0.0638 e. The van der Waals surface area contributed by atoms with Crippen molar-refractivity contribution >= 4 is 0 Å². The summed E-state index contributed by atoms with van der Waals surface area (Å²) in [6.45, 7) is 4.43. The van der Waals surface area contributed by atoms with Gasteiger partial charge in [-0.25, -0.2) is 0 Å². The van der Waals surface area contributed by atoms with Crippen LogP contribution in [0.3, 0.4) is 0 Å². The molecule has 0 aromatic heterocycles. The van der Waals surface area contributed by atoms with Crippen LogP contribution in [-0.4, -0.2) is 62.0 Å². The van der Waals surface area contributed by atoms with Crippen molar-refractivity contribution in [3.8, 4) is 0 Å². The van der Waals surface area contributed by atoms with Gasteiger partial charge in [0.05, 0.1) is 19.3 Å². The van der Waals surface area contributed by atoms with Crippen LogP contribution in [0, 0.1) is 5.92 Å². The third kappa shape index (κ3) is 2.69. The van der Waals surface area contributed by atoms with Gasteiger partial charge < -0.3 is 20.1 Å². The third-order valence-electron chi connectivity index (χ3n) is 3.69. The number of fused-ring (bicyclic) bond motifs is 3. The molecule has 0 saturated carbocycles. The van der Waals surface area contributed by atoms with Crippen molar-refractivity contribution in [2.45, 2.75) is 24.9 Å². The Balaban J connectivity index is 1.83. The van der Waals surface area contributed by atoms with Gasteiger partial charge in [0.15, 0.2) is 0 Å². The van der Waals surface area contributed by atoms with Gasteiger partial charge in [-0.2, -0.15) is 0 Å². The van der Waals surface area contributed by atoms with Crippen molar-refractivity contribution in [1.82, 2.24) is 10.2 Å². The summed E-state index contributed by atoms with van der Waals surface area (Å²) in [5.74, 6) is 0.806. The van der Waals surface area contributed by atoms with E-state index in [2.05, 4.69) is 10.2 Å². The number of aliphatic hydroxyl groups excluding tert-OH is 1. The van der Waals surface area contributed by atoms with Crippen LogP contribution in [0.25, 0.3) is 0 Å². The summed E-state index contributed by atoms with van der Waals surface area (Å²) in [6.07, 6.45) is 2.62. The van der Waals surface area contributed by atoms with E-state index in [-0.39, 0.29) is 12.6 Å². The van der Waals surface area contributed by atoms with Gasteiger partial charge in [-0.15, -0.1) is 0 Å². The minimum atomic E-state index is 0.0977. The molecule has 0 aromatic rings. The Morgan fingerprint density at radius 1 is 1.47 bits per heavy atom. The fourth-order valence-electron chi connectivity index (χ4n) is 2.81. The van der Waals surface area contributed by atoms with E-state index in [0.717, 1.165) is 12.5 Å². The zero-order valence-corrected chi connectivity index (χ0v) is 9.48. The molecule has 3 heterocycles. The Bertz CT molecular complexity index is 193. The van der Waals surface area contributed by atoms with Crippen LogP contribution in [0.2, 0.25) is 0 Å². The van der Waals surface area contributed by atoms with Crippen LogP contribution in [-0.2, 0) is 4.74 Å². The largest absolute Gasteiger partial charge is 0.395 e. The second-order valence-electron chi connectivity index (χ2n) is 4.75. The quantitative estimate of drug-likeness (QED) is 0.658. The Morgan fingerprint density at radius 3 is 2.67 bits per heavy atom. The van der Waals surface area contributed by atoms with Gasteiger partial charge in [0.25, 0.3) is 0 Å². The Labute approximate surface area is 91.6 Å². The fraction of sp³-hybridized carbons (Fsp3) is 1.00. The number of hydrogen-bond donors (Lipinski definition) is 2. The molecule has 15 heavy (non-hydrogen) atoms. The zero-order chi connectivity index (χ0) is 10.7. The third-order valence-corrected chi connectivity index (χ3v) is 3.69. The summed E-state index contributed by atoms with van der Waals surface area (Å²) in [7, 11) is 1.68. The molecule has 3 aliphatic heterocycles. The molecule has 88 valence electrons. The second kappa shape index (κ2) is 5.25. The minimum Gasteiger partial charge on any atom is -0.395 e. The van der Waals surface area contributed by atoms with Crippen molar-refractivity contribution in [3.05, 3.63) is 0 Å². The first-order valence-corrected chi connectivity index (χ1v) is 5.91. The highest BCUT2D eigenvalue weighted by Gasteiger charge is 2.34. The van der Waals surface area contributed by atoms with E-state index >= 15 is 0 Å². The van der Waals surface area contributed by atoms with E-state index in [1.165, 1.54) is 25.9 Å². The molecule has 0 spiro atoms. The van der Waals surface area contributed by atoms with E-state index in [4.69, 9.17) is 4.74 Å². The molecule has 4 nitrogen and oxygen atoms in total. The highest BCUT2D eigenvalue weighted by atomic mass is 16.5. The number of ether oxygens (including phenoxy) is 1. The summed E-state index contributed by atoms with van der Waals surface area (Å²) in [5.41, 5.74) is 0. The molecule has 0 radical (unpaired) electrons. The monoisotopic (exact) mass is 214 g/mol. The number of nitrogens with zero attached hydrogens (tertiary/aromatic N) is 1. The van der Waals surface area contributed by atoms with Crippen LogP contribution in [0.1, 0.15) is 12.8 Å². The SMILES string of the molecule is COCC(CO)NC1CN2CCC1CC2. The molecule has 2 unspecified atom stereocenters. The van der Waals surface area contributed by atoms with E-state index in [9.17, 15) is 5.11 Å². The standard InChI is InChI=1S/C11H22N2O2/c1-15-8-10(7-14)12-11-6-13-4-2-9(11)3-5-13/h9-12,14H,2-8H2,1H3. The number of piperidine rings is 3. The van der Waals surface area contributed by atoms with Crippen LogP contribution in [0.5, 0.6) is 0 Å². The first kappa shape index (κ1) is 11.3. The lowest BCUT2D eigenvalue weighted by atomic mass is 9.84. The Morgan fingerprint density at radius 2 is 2.20 bits per heavy atom. The first-order chi connectivity index (χ1) is 7.33. The van der Waals surface area contributed by atoms with Crippen molar-refractivity contribution < 1.29 is 9.84 Å². The van der Waals surface area contributed by atoms with Crippen molar-refractivity contribution in [2.24, 2.45) is 5.92 Å². The number of hydrogen-bond acceptors (Lipinski definition) is 4. The molecule has 3 rings (SSSR count). The summed E-state index contributed by atoms with van der Waals surface area (Å²) < 4.78 is 5.08. The van der Waals surface area contributed by atoms with Crippen LogP contribution < -0.4 is 5.32 Å². The maximum atomic E-state index is 9.20. The molecule has 3 saturated heterocycles. The van der Waals surface area contributed by atoms with Gasteiger partial charge in [0, 0.05) is 19.7 Å². The van der Waals surface area contributed by atoms with Crippen LogP contribution in [0.4, 0.5) is 0 Å². The molecule has 0 aromatic carbocycles. The molecular formula is C11H22N2O2. The van der Waals surface area contributed by atoms with Crippen molar-refractivity contribution in [3.63, 3.8) is 0 Å². The number of aliphatic hydroxyl groups is 1.